The van der Waals surface area contributed by atoms with Gasteiger partial charge in [-0.2, -0.15) is 0 Å². The third-order valence-corrected chi connectivity index (χ3v) is 3.22. The summed E-state index contributed by atoms with van der Waals surface area (Å²) in [5, 5.41) is 6.32. The molecule has 0 saturated carbocycles. The number of carbonyl (C=O) groups excluding carboxylic acids is 1. The number of hydrogen-bond donors (Lipinski definition) is 1. The number of ether oxygens (including phenoxy) is 1. The number of carbonyl (C=O) groups is 1. The molecule has 3 aromatic heterocycles. The third kappa shape index (κ3) is 3.79. The molecule has 0 fully saturated rings. The van der Waals surface area contributed by atoms with Crippen molar-refractivity contribution in [1.29, 1.82) is 0 Å². The zero-order chi connectivity index (χ0) is 16.1. The number of rotatable bonds is 6. The average molecular weight is 316 g/mol. The highest BCUT2D eigenvalue weighted by Gasteiger charge is 2.12. The van der Waals surface area contributed by atoms with Crippen molar-refractivity contribution in [3.8, 4) is 17.4 Å². The number of imidazole rings is 1. The molecule has 1 N–H and O–H groups in total. The SMILES string of the molecule is Cc1nccn1CCCNC(=O)Oc1cc(-c2ccco2)on1. The van der Waals surface area contributed by atoms with Crippen molar-refractivity contribution in [3.05, 3.63) is 42.7 Å². The van der Waals surface area contributed by atoms with E-state index in [1.54, 1.807) is 18.3 Å². The fraction of sp³-hybridized carbons (Fsp3) is 0.267. The highest BCUT2D eigenvalue weighted by atomic mass is 16.6. The van der Waals surface area contributed by atoms with E-state index in [1.165, 1.54) is 12.3 Å². The largest absolute Gasteiger partial charge is 0.461 e. The van der Waals surface area contributed by atoms with E-state index in [2.05, 4.69) is 15.5 Å². The summed E-state index contributed by atoms with van der Waals surface area (Å²) in [6.45, 7) is 3.20. The molecule has 8 nitrogen and oxygen atoms in total. The number of aryl methyl sites for hydroxylation is 2. The Bertz CT molecular complexity index is 760. The third-order valence-electron chi connectivity index (χ3n) is 3.22. The Morgan fingerprint density at radius 1 is 1.43 bits per heavy atom. The molecule has 120 valence electrons. The van der Waals surface area contributed by atoms with Crippen LogP contribution in [0, 0.1) is 6.92 Å². The second-order valence-corrected chi connectivity index (χ2v) is 4.84. The second-order valence-electron chi connectivity index (χ2n) is 4.84. The standard InChI is InChI=1S/C15H16N4O4/c1-11-16-6-8-19(11)7-3-5-17-15(20)22-14-10-13(23-18-14)12-4-2-9-21-12/h2,4,6,8-10H,3,5,7H2,1H3,(H,17,20). The zero-order valence-electron chi connectivity index (χ0n) is 12.6. The van der Waals surface area contributed by atoms with Gasteiger partial charge in [-0.1, -0.05) is 0 Å². The Kier molecular flexibility index (Phi) is 4.41. The lowest BCUT2D eigenvalue weighted by Gasteiger charge is -2.06. The van der Waals surface area contributed by atoms with Crippen molar-refractivity contribution in [3.63, 3.8) is 0 Å². The predicted octanol–water partition coefficient (Wildman–Crippen LogP) is 2.62. The zero-order valence-corrected chi connectivity index (χ0v) is 12.6. The van der Waals surface area contributed by atoms with E-state index in [4.69, 9.17) is 13.7 Å². The lowest BCUT2D eigenvalue weighted by Crippen LogP contribution is -2.28. The molecule has 3 aromatic rings. The first-order valence-corrected chi connectivity index (χ1v) is 7.16. The summed E-state index contributed by atoms with van der Waals surface area (Å²) >= 11 is 0. The lowest BCUT2D eigenvalue weighted by molar-refractivity contribution is 0.195. The van der Waals surface area contributed by atoms with Gasteiger partial charge in [0, 0.05) is 25.5 Å². The second kappa shape index (κ2) is 6.82. The van der Waals surface area contributed by atoms with Gasteiger partial charge in [0.2, 0.25) is 5.76 Å². The molecule has 0 aliphatic carbocycles. The number of hydrogen-bond acceptors (Lipinski definition) is 6. The van der Waals surface area contributed by atoms with Gasteiger partial charge in [0.05, 0.1) is 12.3 Å². The summed E-state index contributed by atoms with van der Waals surface area (Å²) in [5.41, 5.74) is 0. The van der Waals surface area contributed by atoms with E-state index in [-0.39, 0.29) is 5.88 Å². The summed E-state index contributed by atoms with van der Waals surface area (Å²) < 4.78 is 17.3. The summed E-state index contributed by atoms with van der Waals surface area (Å²) in [6, 6.07) is 4.95. The van der Waals surface area contributed by atoms with Crippen LogP contribution in [0.4, 0.5) is 4.79 Å². The van der Waals surface area contributed by atoms with E-state index in [1.807, 2.05) is 17.7 Å². The Morgan fingerprint density at radius 3 is 3.09 bits per heavy atom. The molecule has 0 bridgehead atoms. The van der Waals surface area contributed by atoms with Gasteiger partial charge >= 0.3 is 6.09 Å². The van der Waals surface area contributed by atoms with Gasteiger partial charge in [-0.05, 0) is 30.6 Å². The number of aromatic nitrogens is 3. The summed E-state index contributed by atoms with van der Waals surface area (Å²) in [6.07, 6.45) is 5.36. The minimum absolute atomic E-state index is 0.0827. The van der Waals surface area contributed by atoms with Crippen molar-refractivity contribution in [2.45, 2.75) is 19.9 Å². The van der Waals surface area contributed by atoms with Crippen LogP contribution in [-0.2, 0) is 6.54 Å². The van der Waals surface area contributed by atoms with Crippen LogP contribution < -0.4 is 10.1 Å². The summed E-state index contributed by atoms with van der Waals surface area (Å²) in [7, 11) is 0. The molecule has 23 heavy (non-hydrogen) atoms. The molecule has 0 aromatic carbocycles. The number of nitrogens with zero attached hydrogens (tertiary/aromatic N) is 3. The quantitative estimate of drug-likeness (QED) is 0.702. The van der Waals surface area contributed by atoms with Crippen LogP contribution in [-0.4, -0.2) is 27.3 Å². The van der Waals surface area contributed by atoms with E-state index in [9.17, 15) is 4.79 Å². The lowest BCUT2D eigenvalue weighted by atomic mass is 10.3. The minimum Gasteiger partial charge on any atom is -0.461 e. The Morgan fingerprint density at radius 2 is 2.35 bits per heavy atom. The van der Waals surface area contributed by atoms with Crippen molar-refractivity contribution in [2.24, 2.45) is 0 Å². The van der Waals surface area contributed by atoms with Gasteiger partial charge in [-0.15, -0.1) is 0 Å². The first-order chi connectivity index (χ1) is 11.2. The van der Waals surface area contributed by atoms with E-state index >= 15 is 0 Å². The van der Waals surface area contributed by atoms with Gasteiger partial charge in [0.1, 0.15) is 5.82 Å². The van der Waals surface area contributed by atoms with Crippen LogP contribution in [0.3, 0.4) is 0 Å². The Balaban J connectivity index is 1.42. The van der Waals surface area contributed by atoms with Gasteiger partial charge in [0.15, 0.2) is 5.76 Å². The van der Waals surface area contributed by atoms with Crippen molar-refractivity contribution in [1.82, 2.24) is 20.0 Å². The van der Waals surface area contributed by atoms with Gasteiger partial charge in [-0.3, -0.25) is 0 Å². The first-order valence-electron chi connectivity index (χ1n) is 7.16. The van der Waals surface area contributed by atoms with Crippen LogP contribution in [0.15, 0.2) is 45.8 Å². The number of furan rings is 1. The van der Waals surface area contributed by atoms with Crippen LogP contribution in [0.5, 0.6) is 5.88 Å². The molecule has 3 rings (SSSR count). The van der Waals surface area contributed by atoms with Crippen molar-refractivity contribution in [2.75, 3.05) is 6.54 Å². The smallest absolute Gasteiger partial charge is 0.414 e. The van der Waals surface area contributed by atoms with Crippen molar-refractivity contribution >= 4 is 6.09 Å². The van der Waals surface area contributed by atoms with E-state index in [0.717, 1.165) is 18.8 Å². The fourth-order valence-corrected chi connectivity index (χ4v) is 2.05. The Hall–Kier alpha value is -3.03. The maximum atomic E-state index is 11.7. The molecule has 0 atom stereocenters. The highest BCUT2D eigenvalue weighted by molar-refractivity contribution is 5.70. The molecule has 0 saturated heterocycles. The predicted molar refractivity (Wildman–Crippen MR) is 79.8 cm³/mol. The topological polar surface area (TPSA) is 95.3 Å². The molecule has 8 heteroatoms. The summed E-state index contributed by atoms with van der Waals surface area (Å²) in [4.78, 5) is 15.8. The molecule has 0 spiro atoms. The molecule has 0 aliphatic rings. The van der Waals surface area contributed by atoms with Crippen LogP contribution in [0.2, 0.25) is 0 Å². The highest BCUT2D eigenvalue weighted by Crippen LogP contribution is 2.23. The Labute approximate surface area is 132 Å². The maximum absolute atomic E-state index is 11.7. The molecular weight excluding hydrogens is 300 g/mol. The van der Waals surface area contributed by atoms with Crippen molar-refractivity contribution < 1.29 is 18.5 Å². The maximum Gasteiger partial charge on any atom is 0.414 e. The number of nitrogens with one attached hydrogen (secondary N) is 1. The molecule has 0 radical (unpaired) electrons. The van der Waals surface area contributed by atoms with Crippen LogP contribution in [0.1, 0.15) is 12.2 Å². The number of amides is 1. The molecule has 0 aliphatic heterocycles. The fourth-order valence-electron chi connectivity index (χ4n) is 2.05. The molecule has 0 unspecified atom stereocenters. The first kappa shape index (κ1) is 14.9. The van der Waals surface area contributed by atoms with E-state index < -0.39 is 6.09 Å². The average Bonchev–Trinajstić information content (AvgIpc) is 3.25. The molecular formula is C15H16N4O4. The van der Waals surface area contributed by atoms with Crippen LogP contribution in [0.25, 0.3) is 11.5 Å². The summed E-state index contributed by atoms with van der Waals surface area (Å²) in [5.74, 6) is 1.94. The monoisotopic (exact) mass is 316 g/mol. The van der Waals surface area contributed by atoms with Gasteiger partial charge < -0.3 is 23.6 Å². The minimum atomic E-state index is -0.577. The van der Waals surface area contributed by atoms with Gasteiger partial charge in [-0.25, -0.2) is 9.78 Å². The van der Waals surface area contributed by atoms with Crippen LogP contribution >= 0.6 is 0 Å². The van der Waals surface area contributed by atoms with E-state index in [0.29, 0.717) is 18.1 Å². The molecule has 1 amide bonds. The normalized spacial score (nSPS) is 10.7. The molecule has 3 heterocycles. The van der Waals surface area contributed by atoms with Gasteiger partial charge in [0.25, 0.3) is 5.88 Å².